The summed E-state index contributed by atoms with van der Waals surface area (Å²) >= 11 is 0. The van der Waals surface area contributed by atoms with Crippen LogP contribution < -0.4 is 0 Å². The molecular weight excluding hydrogens is 200 g/mol. The zero-order chi connectivity index (χ0) is 11.8. The zero-order valence-electron chi connectivity index (χ0n) is 10.6. The smallest absolute Gasteiger partial charge is 0.330 e. The number of carbonyl (C=O) groups excluding carboxylic acids is 1. The minimum atomic E-state index is -0.182. The Labute approximate surface area is 99.1 Å². The summed E-state index contributed by atoms with van der Waals surface area (Å²) < 4.78 is 5.10. The summed E-state index contributed by atoms with van der Waals surface area (Å²) in [7, 11) is 0. The van der Waals surface area contributed by atoms with Gasteiger partial charge < -0.3 is 4.74 Å². The van der Waals surface area contributed by atoms with Gasteiger partial charge in [-0.2, -0.15) is 0 Å². The van der Waals surface area contributed by atoms with E-state index < -0.39 is 0 Å². The predicted octanol–water partition coefficient (Wildman–Crippen LogP) is 3.71. The van der Waals surface area contributed by atoms with Gasteiger partial charge in [0.05, 0.1) is 6.61 Å². The number of hydrogen-bond acceptors (Lipinski definition) is 2. The van der Waals surface area contributed by atoms with Crippen molar-refractivity contribution in [3.63, 3.8) is 0 Å². The predicted molar refractivity (Wildman–Crippen MR) is 66.1 cm³/mol. The maximum absolute atomic E-state index is 11.4. The molecule has 0 atom stereocenters. The van der Waals surface area contributed by atoms with E-state index in [1.807, 2.05) is 19.9 Å². The highest BCUT2D eigenvalue weighted by Crippen LogP contribution is 2.23. The van der Waals surface area contributed by atoms with Crippen LogP contribution in [0.25, 0.3) is 0 Å². The molecule has 0 aromatic heterocycles. The third-order valence-electron chi connectivity index (χ3n) is 2.96. The summed E-state index contributed by atoms with van der Waals surface area (Å²) in [6.45, 7) is 4.61. The minimum Gasteiger partial charge on any atom is -0.462 e. The summed E-state index contributed by atoms with van der Waals surface area (Å²) in [5.41, 5.74) is 0. The quantitative estimate of drug-likeness (QED) is 0.413. The van der Waals surface area contributed by atoms with Gasteiger partial charge in [-0.05, 0) is 24.7 Å². The van der Waals surface area contributed by atoms with E-state index in [0.29, 0.717) is 18.4 Å². The van der Waals surface area contributed by atoms with Gasteiger partial charge in [-0.15, -0.1) is 0 Å². The standard InChI is InChI=1S/C14H24O2/c1-12(2)11-16-14(15)10-9-13-7-5-3-4-6-8-13/h9-10,12-13H,3-8,11H2,1-2H3/b10-9-. The molecule has 0 bridgehead atoms. The van der Waals surface area contributed by atoms with Crippen LogP contribution in [0, 0.1) is 11.8 Å². The van der Waals surface area contributed by atoms with Crippen LogP contribution in [-0.4, -0.2) is 12.6 Å². The molecule has 0 aromatic rings. The molecule has 1 aliphatic rings. The van der Waals surface area contributed by atoms with E-state index in [1.165, 1.54) is 38.5 Å². The second-order valence-electron chi connectivity index (χ2n) is 5.13. The van der Waals surface area contributed by atoms with Crippen LogP contribution in [0.4, 0.5) is 0 Å². The first-order valence-corrected chi connectivity index (χ1v) is 6.53. The molecule has 1 fully saturated rings. The van der Waals surface area contributed by atoms with Gasteiger partial charge in [-0.3, -0.25) is 0 Å². The maximum Gasteiger partial charge on any atom is 0.330 e. The number of carbonyl (C=O) groups is 1. The van der Waals surface area contributed by atoms with Crippen LogP contribution in [0.1, 0.15) is 52.4 Å². The molecule has 1 aliphatic carbocycles. The van der Waals surface area contributed by atoms with Crippen LogP contribution in [-0.2, 0) is 9.53 Å². The summed E-state index contributed by atoms with van der Waals surface area (Å²) in [6.07, 6.45) is 11.4. The molecule has 0 spiro atoms. The van der Waals surface area contributed by atoms with Gasteiger partial charge >= 0.3 is 5.97 Å². The molecule has 0 N–H and O–H groups in total. The lowest BCUT2D eigenvalue weighted by atomic mass is 10.00. The molecule has 0 aliphatic heterocycles. The fourth-order valence-electron chi connectivity index (χ4n) is 2.01. The van der Waals surface area contributed by atoms with Gasteiger partial charge in [0.25, 0.3) is 0 Å². The van der Waals surface area contributed by atoms with Gasteiger partial charge in [-0.1, -0.05) is 45.6 Å². The second kappa shape index (κ2) is 7.48. The topological polar surface area (TPSA) is 26.3 Å². The van der Waals surface area contributed by atoms with Gasteiger partial charge in [0.1, 0.15) is 0 Å². The molecule has 0 amide bonds. The Kier molecular flexibility index (Phi) is 6.20. The molecular formula is C14H24O2. The van der Waals surface area contributed by atoms with Crippen LogP contribution >= 0.6 is 0 Å². The fourth-order valence-corrected chi connectivity index (χ4v) is 2.01. The monoisotopic (exact) mass is 224 g/mol. The lowest BCUT2D eigenvalue weighted by Gasteiger charge is -2.08. The molecule has 92 valence electrons. The average Bonchev–Trinajstić information content (AvgIpc) is 2.51. The van der Waals surface area contributed by atoms with Gasteiger partial charge in [0, 0.05) is 6.08 Å². The normalized spacial score (nSPS) is 18.9. The van der Waals surface area contributed by atoms with Crippen molar-refractivity contribution in [1.29, 1.82) is 0 Å². The highest BCUT2D eigenvalue weighted by Gasteiger charge is 2.09. The van der Waals surface area contributed by atoms with Crippen molar-refractivity contribution in [2.75, 3.05) is 6.61 Å². The van der Waals surface area contributed by atoms with Crippen LogP contribution in [0.5, 0.6) is 0 Å². The maximum atomic E-state index is 11.4. The van der Waals surface area contributed by atoms with E-state index in [-0.39, 0.29) is 5.97 Å². The van der Waals surface area contributed by atoms with Crippen LogP contribution in [0.15, 0.2) is 12.2 Å². The largest absolute Gasteiger partial charge is 0.462 e. The van der Waals surface area contributed by atoms with E-state index in [4.69, 9.17) is 4.74 Å². The Morgan fingerprint density at radius 2 is 1.88 bits per heavy atom. The van der Waals surface area contributed by atoms with E-state index in [9.17, 15) is 4.79 Å². The van der Waals surface area contributed by atoms with Crippen LogP contribution in [0.3, 0.4) is 0 Å². The Balaban J connectivity index is 2.25. The number of rotatable bonds is 4. The van der Waals surface area contributed by atoms with Crippen molar-refractivity contribution >= 4 is 5.97 Å². The molecule has 0 radical (unpaired) electrons. The summed E-state index contributed by atoms with van der Waals surface area (Å²) in [5.74, 6) is 0.822. The van der Waals surface area contributed by atoms with E-state index in [0.717, 1.165) is 0 Å². The number of hydrogen-bond donors (Lipinski definition) is 0. The SMILES string of the molecule is CC(C)COC(=O)/C=C\C1CCCCCC1. The Morgan fingerprint density at radius 3 is 2.44 bits per heavy atom. The first-order chi connectivity index (χ1) is 7.68. The number of ether oxygens (including phenoxy) is 1. The van der Waals surface area contributed by atoms with Crippen molar-refractivity contribution in [2.45, 2.75) is 52.4 Å². The minimum absolute atomic E-state index is 0.182. The molecule has 16 heavy (non-hydrogen) atoms. The Hall–Kier alpha value is -0.790. The molecule has 1 saturated carbocycles. The van der Waals surface area contributed by atoms with Gasteiger partial charge in [-0.25, -0.2) is 4.79 Å². The number of esters is 1. The molecule has 0 saturated heterocycles. The molecule has 0 heterocycles. The number of allylic oxidation sites excluding steroid dienone is 1. The second-order valence-corrected chi connectivity index (χ2v) is 5.13. The van der Waals surface area contributed by atoms with Gasteiger partial charge in [0.2, 0.25) is 0 Å². The van der Waals surface area contributed by atoms with Crippen molar-refractivity contribution in [3.8, 4) is 0 Å². The Bertz CT molecular complexity index is 223. The fraction of sp³-hybridized carbons (Fsp3) is 0.786. The highest BCUT2D eigenvalue weighted by molar-refractivity contribution is 5.81. The summed E-state index contributed by atoms with van der Waals surface area (Å²) in [5, 5.41) is 0. The lowest BCUT2D eigenvalue weighted by molar-refractivity contribution is -0.138. The zero-order valence-corrected chi connectivity index (χ0v) is 10.6. The first kappa shape index (κ1) is 13.3. The molecule has 0 unspecified atom stereocenters. The van der Waals surface area contributed by atoms with Crippen molar-refractivity contribution in [1.82, 2.24) is 0 Å². The molecule has 2 nitrogen and oxygen atoms in total. The first-order valence-electron chi connectivity index (χ1n) is 6.53. The van der Waals surface area contributed by atoms with Gasteiger partial charge in [0.15, 0.2) is 0 Å². The molecule has 2 heteroatoms. The van der Waals surface area contributed by atoms with Crippen LogP contribution in [0.2, 0.25) is 0 Å². The van der Waals surface area contributed by atoms with Crippen molar-refractivity contribution < 1.29 is 9.53 Å². The molecule has 0 aromatic carbocycles. The average molecular weight is 224 g/mol. The van der Waals surface area contributed by atoms with E-state index >= 15 is 0 Å². The van der Waals surface area contributed by atoms with E-state index in [2.05, 4.69) is 0 Å². The van der Waals surface area contributed by atoms with E-state index in [1.54, 1.807) is 6.08 Å². The van der Waals surface area contributed by atoms with Crippen molar-refractivity contribution in [3.05, 3.63) is 12.2 Å². The van der Waals surface area contributed by atoms with Crippen molar-refractivity contribution in [2.24, 2.45) is 11.8 Å². The summed E-state index contributed by atoms with van der Waals surface area (Å²) in [6, 6.07) is 0. The molecule has 1 rings (SSSR count). The summed E-state index contributed by atoms with van der Waals surface area (Å²) in [4.78, 5) is 11.4. The highest BCUT2D eigenvalue weighted by atomic mass is 16.5. The third-order valence-corrected chi connectivity index (χ3v) is 2.96. The third kappa shape index (κ3) is 5.94. The lowest BCUT2D eigenvalue weighted by Crippen LogP contribution is -2.07. The Morgan fingerprint density at radius 1 is 1.25 bits per heavy atom.